The molecule has 0 spiro atoms. The molecule has 0 aliphatic heterocycles. The Bertz CT molecular complexity index is 626. The molecule has 2 aromatic rings. The van der Waals surface area contributed by atoms with E-state index in [1.165, 1.54) is 0 Å². The molecule has 4 heteroatoms. The number of ether oxygens (including phenoxy) is 1. The highest BCUT2D eigenvalue weighted by molar-refractivity contribution is 6.36. The van der Waals surface area contributed by atoms with E-state index in [0.717, 1.165) is 22.3 Å². The fraction of sp³-hybridized carbons (Fsp3) is 0.250. The Hall–Kier alpha value is -1.22. The number of rotatable bonds is 4. The molecule has 0 aliphatic rings. The topological polar surface area (TPSA) is 35.2 Å². The Morgan fingerprint density at radius 2 is 1.80 bits per heavy atom. The number of nitrogens with two attached hydrogens (primary N) is 1. The highest BCUT2D eigenvalue weighted by Gasteiger charge is 2.12. The van der Waals surface area contributed by atoms with Crippen molar-refractivity contribution in [1.29, 1.82) is 0 Å². The molecule has 0 unspecified atom stereocenters. The van der Waals surface area contributed by atoms with Crippen LogP contribution in [0.1, 0.15) is 18.1 Å². The summed E-state index contributed by atoms with van der Waals surface area (Å²) >= 11 is 12.6. The van der Waals surface area contributed by atoms with Gasteiger partial charge in [0.1, 0.15) is 5.75 Å². The van der Waals surface area contributed by atoms with E-state index >= 15 is 0 Å². The molecule has 0 saturated heterocycles. The second kappa shape index (κ2) is 6.49. The van der Waals surface area contributed by atoms with Gasteiger partial charge in [-0.2, -0.15) is 0 Å². The minimum Gasteiger partial charge on any atom is -0.492 e. The second-order valence-corrected chi connectivity index (χ2v) is 5.36. The molecule has 0 heterocycles. The third-order valence-electron chi connectivity index (χ3n) is 3.14. The standard InChI is InChI=1S/C16H17Cl2NO/c1-3-20-16-8-14(17)13(7-15(16)18)12-5-4-11(9-19)6-10(12)2/h4-8H,3,9,19H2,1-2H3. The van der Waals surface area contributed by atoms with Crippen LogP contribution in [0.5, 0.6) is 5.75 Å². The van der Waals surface area contributed by atoms with Gasteiger partial charge in [-0.15, -0.1) is 0 Å². The van der Waals surface area contributed by atoms with Crippen molar-refractivity contribution in [3.63, 3.8) is 0 Å². The minimum absolute atomic E-state index is 0.527. The van der Waals surface area contributed by atoms with Gasteiger partial charge in [0.15, 0.2) is 0 Å². The Morgan fingerprint density at radius 1 is 1.05 bits per heavy atom. The van der Waals surface area contributed by atoms with Crippen LogP contribution in [0.3, 0.4) is 0 Å². The molecule has 2 aromatic carbocycles. The van der Waals surface area contributed by atoms with Crippen molar-refractivity contribution < 1.29 is 4.74 Å². The molecular weight excluding hydrogens is 293 g/mol. The van der Waals surface area contributed by atoms with E-state index in [0.29, 0.717) is 28.9 Å². The van der Waals surface area contributed by atoms with Gasteiger partial charge in [-0.3, -0.25) is 0 Å². The SMILES string of the molecule is CCOc1cc(Cl)c(-c2ccc(CN)cc2C)cc1Cl. The fourth-order valence-electron chi connectivity index (χ4n) is 2.16. The van der Waals surface area contributed by atoms with Crippen LogP contribution in [0.4, 0.5) is 0 Å². The first kappa shape index (κ1) is 15.2. The number of halogens is 2. The molecule has 106 valence electrons. The quantitative estimate of drug-likeness (QED) is 0.878. The monoisotopic (exact) mass is 309 g/mol. The van der Waals surface area contributed by atoms with Crippen LogP contribution in [0.25, 0.3) is 11.1 Å². The molecule has 0 saturated carbocycles. The number of hydrogen-bond donors (Lipinski definition) is 1. The van der Waals surface area contributed by atoms with Crippen molar-refractivity contribution in [2.24, 2.45) is 5.73 Å². The largest absolute Gasteiger partial charge is 0.492 e. The Morgan fingerprint density at radius 3 is 2.40 bits per heavy atom. The maximum absolute atomic E-state index is 6.35. The molecule has 0 aliphatic carbocycles. The summed E-state index contributed by atoms with van der Waals surface area (Å²) in [5, 5.41) is 1.19. The van der Waals surface area contributed by atoms with Crippen LogP contribution >= 0.6 is 23.2 Å². The average molecular weight is 310 g/mol. The Balaban J connectivity index is 2.50. The summed E-state index contributed by atoms with van der Waals surface area (Å²) in [6.45, 7) is 5.03. The van der Waals surface area contributed by atoms with E-state index in [9.17, 15) is 0 Å². The van der Waals surface area contributed by atoms with Crippen molar-refractivity contribution in [3.05, 3.63) is 51.5 Å². The molecule has 0 atom stereocenters. The molecule has 0 fully saturated rings. The van der Waals surface area contributed by atoms with Gasteiger partial charge in [0.25, 0.3) is 0 Å². The van der Waals surface area contributed by atoms with Gasteiger partial charge in [-0.1, -0.05) is 41.4 Å². The highest BCUT2D eigenvalue weighted by atomic mass is 35.5. The van der Waals surface area contributed by atoms with E-state index in [1.807, 2.05) is 32.0 Å². The van der Waals surface area contributed by atoms with Crippen LogP contribution in [-0.2, 0) is 6.54 Å². The molecule has 2 rings (SSSR count). The van der Waals surface area contributed by atoms with Gasteiger partial charge < -0.3 is 10.5 Å². The molecule has 2 N–H and O–H groups in total. The van der Waals surface area contributed by atoms with Crippen LogP contribution < -0.4 is 10.5 Å². The Labute approximate surface area is 129 Å². The van der Waals surface area contributed by atoms with Crippen molar-refractivity contribution in [3.8, 4) is 16.9 Å². The van der Waals surface area contributed by atoms with Gasteiger partial charge in [0.2, 0.25) is 0 Å². The lowest BCUT2D eigenvalue weighted by atomic mass is 9.98. The smallest absolute Gasteiger partial charge is 0.139 e. The van der Waals surface area contributed by atoms with Crippen molar-refractivity contribution in [2.45, 2.75) is 20.4 Å². The lowest BCUT2D eigenvalue weighted by Crippen LogP contribution is -1.97. The zero-order valence-electron chi connectivity index (χ0n) is 11.5. The van der Waals surface area contributed by atoms with Gasteiger partial charge in [0, 0.05) is 18.2 Å². The molecule has 0 bridgehead atoms. The maximum atomic E-state index is 6.35. The molecule has 2 nitrogen and oxygen atoms in total. The number of hydrogen-bond acceptors (Lipinski definition) is 2. The molecule has 20 heavy (non-hydrogen) atoms. The van der Waals surface area contributed by atoms with E-state index in [1.54, 1.807) is 6.07 Å². The first-order chi connectivity index (χ1) is 9.56. The number of aryl methyl sites for hydroxylation is 1. The van der Waals surface area contributed by atoms with Crippen molar-refractivity contribution in [1.82, 2.24) is 0 Å². The maximum Gasteiger partial charge on any atom is 0.139 e. The number of benzene rings is 2. The average Bonchev–Trinajstić information content (AvgIpc) is 2.43. The summed E-state index contributed by atoms with van der Waals surface area (Å²) in [5.74, 6) is 0.610. The lowest BCUT2D eigenvalue weighted by Gasteiger charge is -2.13. The van der Waals surface area contributed by atoms with Gasteiger partial charge >= 0.3 is 0 Å². The molecule has 0 aromatic heterocycles. The fourth-order valence-corrected chi connectivity index (χ4v) is 2.63. The second-order valence-electron chi connectivity index (χ2n) is 4.55. The van der Waals surface area contributed by atoms with Gasteiger partial charge in [0.05, 0.1) is 16.7 Å². The van der Waals surface area contributed by atoms with Crippen LogP contribution in [0.15, 0.2) is 30.3 Å². The summed E-state index contributed by atoms with van der Waals surface area (Å²) in [6.07, 6.45) is 0. The van der Waals surface area contributed by atoms with Gasteiger partial charge in [-0.25, -0.2) is 0 Å². The van der Waals surface area contributed by atoms with E-state index in [-0.39, 0.29) is 0 Å². The normalized spacial score (nSPS) is 10.7. The molecule has 0 amide bonds. The first-order valence-corrected chi connectivity index (χ1v) is 7.24. The van der Waals surface area contributed by atoms with Gasteiger partial charge in [-0.05, 0) is 36.6 Å². The predicted octanol–water partition coefficient (Wildman–Crippen LogP) is 4.83. The molecule has 0 radical (unpaired) electrons. The zero-order valence-corrected chi connectivity index (χ0v) is 13.1. The lowest BCUT2D eigenvalue weighted by molar-refractivity contribution is 0.340. The molecular formula is C16H17Cl2NO. The third kappa shape index (κ3) is 3.09. The summed E-state index contributed by atoms with van der Waals surface area (Å²) < 4.78 is 5.44. The minimum atomic E-state index is 0.527. The first-order valence-electron chi connectivity index (χ1n) is 6.48. The van der Waals surface area contributed by atoms with Crippen molar-refractivity contribution >= 4 is 23.2 Å². The summed E-state index contributed by atoms with van der Waals surface area (Å²) in [7, 11) is 0. The van der Waals surface area contributed by atoms with Crippen LogP contribution in [0, 0.1) is 6.92 Å². The highest BCUT2D eigenvalue weighted by Crippen LogP contribution is 2.38. The predicted molar refractivity (Wildman–Crippen MR) is 85.7 cm³/mol. The van der Waals surface area contributed by atoms with Crippen LogP contribution in [0.2, 0.25) is 10.0 Å². The Kier molecular flexibility index (Phi) is 4.92. The van der Waals surface area contributed by atoms with Crippen LogP contribution in [-0.4, -0.2) is 6.61 Å². The van der Waals surface area contributed by atoms with E-state index in [2.05, 4.69) is 6.07 Å². The van der Waals surface area contributed by atoms with Crippen molar-refractivity contribution in [2.75, 3.05) is 6.61 Å². The zero-order chi connectivity index (χ0) is 14.7. The van der Waals surface area contributed by atoms with E-state index in [4.69, 9.17) is 33.7 Å². The summed E-state index contributed by atoms with van der Waals surface area (Å²) in [4.78, 5) is 0. The summed E-state index contributed by atoms with van der Waals surface area (Å²) in [6, 6.07) is 9.70. The third-order valence-corrected chi connectivity index (χ3v) is 3.75. The summed E-state index contributed by atoms with van der Waals surface area (Å²) in [5.41, 5.74) is 9.82. The van der Waals surface area contributed by atoms with E-state index < -0.39 is 0 Å².